The quantitative estimate of drug-likeness (QED) is 0.926. The Kier molecular flexibility index (Phi) is 5.26. The second-order valence-corrected chi connectivity index (χ2v) is 6.90. The van der Waals surface area contributed by atoms with Gasteiger partial charge in [0.2, 0.25) is 5.91 Å². The van der Waals surface area contributed by atoms with Crippen LogP contribution in [0.25, 0.3) is 0 Å². The predicted molar refractivity (Wildman–Crippen MR) is 98.7 cm³/mol. The number of hydrogen-bond acceptors (Lipinski definition) is 5. The number of anilines is 2. The van der Waals surface area contributed by atoms with Gasteiger partial charge in [0.05, 0.1) is 0 Å². The molecule has 1 aliphatic rings. The Morgan fingerprint density at radius 2 is 1.96 bits per heavy atom. The van der Waals surface area contributed by atoms with Crippen molar-refractivity contribution in [2.24, 2.45) is 5.92 Å². The van der Waals surface area contributed by atoms with Crippen molar-refractivity contribution in [1.82, 2.24) is 15.0 Å². The molecule has 0 saturated carbocycles. The standard InChI is InChI=1S/C19H25N5O/c1-13(2)18-20-9-6-17(23-18)24-10-7-15(8-11-24)19(25)22-16-5-4-14(3)12-21-16/h4-6,9,12-13,15H,7-8,10-11H2,1-3H3,(H,21,22,25). The molecule has 3 heterocycles. The minimum absolute atomic E-state index is 0.0192. The number of amides is 1. The molecule has 0 aliphatic carbocycles. The van der Waals surface area contributed by atoms with Gasteiger partial charge >= 0.3 is 0 Å². The lowest BCUT2D eigenvalue weighted by Gasteiger charge is -2.32. The van der Waals surface area contributed by atoms with Gasteiger partial charge in [-0.3, -0.25) is 4.79 Å². The van der Waals surface area contributed by atoms with Crippen molar-refractivity contribution in [2.75, 3.05) is 23.3 Å². The second-order valence-electron chi connectivity index (χ2n) is 6.90. The van der Waals surface area contributed by atoms with Crippen LogP contribution in [0.2, 0.25) is 0 Å². The maximum atomic E-state index is 12.4. The monoisotopic (exact) mass is 339 g/mol. The highest BCUT2D eigenvalue weighted by atomic mass is 16.1. The summed E-state index contributed by atoms with van der Waals surface area (Å²) < 4.78 is 0. The summed E-state index contributed by atoms with van der Waals surface area (Å²) in [6.07, 6.45) is 5.22. The number of pyridine rings is 1. The van der Waals surface area contributed by atoms with Gasteiger partial charge in [0, 0.05) is 37.3 Å². The predicted octanol–water partition coefficient (Wildman–Crippen LogP) is 3.16. The number of aryl methyl sites for hydroxylation is 1. The summed E-state index contributed by atoms with van der Waals surface area (Å²) in [6.45, 7) is 7.82. The molecular formula is C19H25N5O. The van der Waals surface area contributed by atoms with Crippen LogP contribution in [-0.4, -0.2) is 33.9 Å². The number of rotatable bonds is 4. The normalized spacial score (nSPS) is 15.4. The van der Waals surface area contributed by atoms with Crippen LogP contribution in [0.4, 0.5) is 11.6 Å². The van der Waals surface area contributed by atoms with Gasteiger partial charge in [0.15, 0.2) is 0 Å². The molecule has 0 spiro atoms. The highest BCUT2D eigenvalue weighted by molar-refractivity contribution is 5.91. The molecule has 0 radical (unpaired) electrons. The van der Waals surface area contributed by atoms with Crippen LogP contribution in [0.15, 0.2) is 30.6 Å². The zero-order chi connectivity index (χ0) is 17.8. The van der Waals surface area contributed by atoms with Crippen molar-refractivity contribution in [3.8, 4) is 0 Å². The topological polar surface area (TPSA) is 71.0 Å². The Bertz CT molecular complexity index is 721. The number of nitrogens with zero attached hydrogens (tertiary/aromatic N) is 4. The molecule has 2 aromatic rings. The van der Waals surface area contributed by atoms with E-state index in [0.717, 1.165) is 43.1 Å². The van der Waals surface area contributed by atoms with E-state index in [1.54, 1.807) is 6.20 Å². The fraction of sp³-hybridized carbons (Fsp3) is 0.474. The van der Waals surface area contributed by atoms with E-state index in [-0.39, 0.29) is 11.8 Å². The highest BCUT2D eigenvalue weighted by Crippen LogP contribution is 2.23. The lowest BCUT2D eigenvalue weighted by atomic mass is 9.96. The number of aromatic nitrogens is 3. The first-order valence-electron chi connectivity index (χ1n) is 8.84. The summed E-state index contributed by atoms with van der Waals surface area (Å²) in [5, 5.41) is 2.92. The Hall–Kier alpha value is -2.50. The van der Waals surface area contributed by atoms with E-state index in [9.17, 15) is 4.79 Å². The Labute approximate surface area is 148 Å². The molecule has 0 unspecified atom stereocenters. The van der Waals surface area contributed by atoms with E-state index >= 15 is 0 Å². The molecule has 132 valence electrons. The average molecular weight is 339 g/mol. The van der Waals surface area contributed by atoms with Gasteiger partial charge in [-0.1, -0.05) is 19.9 Å². The highest BCUT2D eigenvalue weighted by Gasteiger charge is 2.26. The van der Waals surface area contributed by atoms with Gasteiger partial charge < -0.3 is 10.2 Å². The maximum absolute atomic E-state index is 12.4. The summed E-state index contributed by atoms with van der Waals surface area (Å²) >= 11 is 0. The van der Waals surface area contributed by atoms with Crippen molar-refractivity contribution in [3.63, 3.8) is 0 Å². The van der Waals surface area contributed by atoms with Crippen LogP contribution < -0.4 is 10.2 Å². The molecule has 1 aliphatic heterocycles. The van der Waals surface area contributed by atoms with Crippen LogP contribution in [0.5, 0.6) is 0 Å². The molecule has 6 nitrogen and oxygen atoms in total. The molecule has 6 heteroatoms. The molecule has 2 aromatic heterocycles. The van der Waals surface area contributed by atoms with E-state index in [0.29, 0.717) is 11.7 Å². The zero-order valence-corrected chi connectivity index (χ0v) is 15.1. The fourth-order valence-electron chi connectivity index (χ4n) is 2.96. The lowest BCUT2D eigenvalue weighted by molar-refractivity contribution is -0.120. The lowest BCUT2D eigenvalue weighted by Crippen LogP contribution is -2.38. The van der Waals surface area contributed by atoms with E-state index in [2.05, 4.69) is 39.0 Å². The number of nitrogens with one attached hydrogen (secondary N) is 1. The van der Waals surface area contributed by atoms with Crippen molar-refractivity contribution in [1.29, 1.82) is 0 Å². The molecule has 0 atom stereocenters. The minimum atomic E-state index is 0.0192. The maximum Gasteiger partial charge on any atom is 0.228 e. The van der Waals surface area contributed by atoms with Crippen LogP contribution in [0.3, 0.4) is 0 Å². The van der Waals surface area contributed by atoms with Gasteiger partial charge in [-0.15, -0.1) is 0 Å². The smallest absolute Gasteiger partial charge is 0.228 e. The second kappa shape index (κ2) is 7.59. The molecule has 1 saturated heterocycles. The van der Waals surface area contributed by atoms with Crippen molar-refractivity contribution < 1.29 is 4.79 Å². The van der Waals surface area contributed by atoms with E-state index in [4.69, 9.17) is 0 Å². The number of piperidine rings is 1. The summed E-state index contributed by atoms with van der Waals surface area (Å²) in [5.41, 5.74) is 1.08. The molecule has 0 bridgehead atoms. The van der Waals surface area contributed by atoms with Gasteiger partial charge in [0.1, 0.15) is 17.5 Å². The Balaban J connectivity index is 1.57. The first kappa shape index (κ1) is 17.3. The molecule has 1 N–H and O–H groups in total. The molecule has 3 rings (SSSR count). The van der Waals surface area contributed by atoms with Crippen molar-refractivity contribution in [2.45, 2.75) is 39.5 Å². The molecular weight excluding hydrogens is 314 g/mol. The fourth-order valence-corrected chi connectivity index (χ4v) is 2.96. The summed E-state index contributed by atoms with van der Waals surface area (Å²) in [4.78, 5) is 27.9. The number of carbonyl (C=O) groups excluding carboxylic acids is 1. The third kappa shape index (κ3) is 4.32. The van der Waals surface area contributed by atoms with Gasteiger partial charge in [-0.2, -0.15) is 0 Å². The Morgan fingerprint density at radius 1 is 1.20 bits per heavy atom. The van der Waals surface area contributed by atoms with E-state index < -0.39 is 0 Å². The van der Waals surface area contributed by atoms with E-state index in [1.165, 1.54) is 0 Å². The van der Waals surface area contributed by atoms with E-state index in [1.807, 2.05) is 31.3 Å². The first-order chi connectivity index (χ1) is 12.0. The third-order valence-electron chi connectivity index (χ3n) is 4.53. The van der Waals surface area contributed by atoms with Gasteiger partial charge in [-0.05, 0) is 37.5 Å². The molecule has 1 amide bonds. The molecule has 25 heavy (non-hydrogen) atoms. The van der Waals surface area contributed by atoms with Gasteiger partial charge in [0.25, 0.3) is 0 Å². The SMILES string of the molecule is Cc1ccc(NC(=O)C2CCN(c3ccnc(C(C)C)n3)CC2)nc1. The van der Waals surface area contributed by atoms with Crippen molar-refractivity contribution >= 4 is 17.5 Å². The number of carbonyl (C=O) groups is 1. The summed E-state index contributed by atoms with van der Waals surface area (Å²) in [5.74, 6) is 2.83. The van der Waals surface area contributed by atoms with Crippen molar-refractivity contribution in [3.05, 3.63) is 42.0 Å². The Morgan fingerprint density at radius 3 is 2.60 bits per heavy atom. The summed E-state index contributed by atoms with van der Waals surface area (Å²) in [6, 6.07) is 5.74. The van der Waals surface area contributed by atoms with Crippen LogP contribution in [0, 0.1) is 12.8 Å². The van der Waals surface area contributed by atoms with Crippen LogP contribution >= 0.6 is 0 Å². The molecule has 1 fully saturated rings. The van der Waals surface area contributed by atoms with Crippen LogP contribution in [-0.2, 0) is 4.79 Å². The zero-order valence-electron chi connectivity index (χ0n) is 15.1. The summed E-state index contributed by atoms with van der Waals surface area (Å²) in [7, 11) is 0. The number of hydrogen-bond donors (Lipinski definition) is 1. The molecule has 0 aromatic carbocycles. The largest absolute Gasteiger partial charge is 0.356 e. The van der Waals surface area contributed by atoms with Crippen LogP contribution in [0.1, 0.15) is 44.0 Å². The van der Waals surface area contributed by atoms with Gasteiger partial charge in [-0.25, -0.2) is 15.0 Å². The minimum Gasteiger partial charge on any atom is -0.356 e. The first-order valence-corrected chi connectivity index (χ1v) is 8.84. The average Bonchev–Trinajstić information content (AvgIpc) is 2.64. The third-order valence-corrected chi connectivity index (χ3v) is 4.53.